The maximum absolute atomic E-state index is 14.1. The van der Waals surface area contributed by atoms with E-state index in [0.717, 1.165) is 83.5 Å². The van der Waals surface area contributed by atoms with Crippen molar-refractivity contribution in [2.75, 3.05) is 13.2 Å². The van der Waals surface area contributed by atoms with E-state index in [0.29, 0.717) is 48.3 Å². The molecule has 2 saturated heterocycles. The molecule has 17 nitrogen and oxygen atoms in total. The van der Waals surface area contributed by atoms with Gasteiger partial charge in [0.2, 0.25) is 6.29 Å². The van der Waals surface area contributed by atoms with Crippen molar-refractivity contribution in [2.45, 2.75) is 387 Å². The summed E-state index contributed by atoms with van der Waals surface area (Å²) in [5.41, 5.74) is 0. The number of hydrogen-bond donors (Lipinski definition) is 7. The fraction of sp³-hybridized carbons (Fsp3) is 0.972. The highest BCUT2D eigenvalue weighted by atomic mass is 32.3. The molecule has 7 N–H and O–H groups in total. The molecule has 0 aromatic heterocycles. The number of carbonyl (C=O) groups is 2. The van der Waals surface area contributed by atoms with Crippen molar-refractivity contribution in [3.8, 4) is 0 Å². The summed E-state index contributed by atoms with van der Waals surface area (Å²) in [6, 6.07) is 0. The van der Waals surface area contributed by atoms with Crippen LogP contribution in [0.3, 0.4) is 0 Å². The van der Waals surface area contributed by atoms with Crippen molar-refractivity contribution < 1.29 is 81.1 Å². The topological polar surface area (TPSA) is 265 Å². The first kappa shape index (κ1) is 84.5. The van der Waals surface area contributed by atoms with Gasteiger partial charge in [0, 0.05) is 6.42 Å². The first-order valence-electron chi connectivity index (χ1n) is 36.9. The lowest BCUT2D eigenvalue weighted by Crippen LogP contribution is -2.65. The molecule has 19 atom stereocenters. The number of aliphatic hydroxyl groups excluding tert-OH is 6. The molecule has 0 bridgehead atoms. The van der Waals surface area contributed by atoms with Gasteiger partial charge < -0.3 is 54.3 Å². The number of unbranched alkanes of at least 4 members (excludes halogenated alkanes) is 28. The lowest BCUT2D eigenvalue weighted by atomic mass is 9.80. The molecule has 0 aliphatic carbocycles. The highest BCUT2D eigenvalue weighted by Crippen LogP contribution is 2.36. The lowest BCUT2D eigenvalue weighted by molar-refractivity contribution is -0.374. The number of esters is 2. The van der Waals surface area contributed by atoms with Gasteiger partial charge in [-0.2, -0.15) is 8.42 Å². The van der Waals surface area contributed by atoms with E-state index in [-0.39, 0.29) is 18.4 Å². The zero-order valence-electron chi connectivity index (χ0n) is 58.6. The second-order valence-electron chi connectivity index (χ2n) is 29.1. The minimum Gasteiger partial charge on any atom is -0.455 e. The Morgan fingerprint density at radius 1 is 0.433 bits per heavy atom. The number of aliphatic hydroxyl groups is 6. The standard InChI is InChI=1S/C72H138O17S/c1-11-13-15-17-19-21-23-25-27-29-31-33-35-37-39-41-60(75)58(9)48-56(7)46-54(5)44-52(3)43-53(4)45-55(6)47-57(8)49-59(10)70(80)87-67-65(78)62(51-74)85-72(88-71-68(89-90(81,82)83)66(79)64(77)61(50-73)84-71)69(67)86-63(76)42-40-38-36-34-32-30-28-26-24-22-20-18-16-14-12-2/h52-62,64-69,71-75,77-79H,11-51H2,1-10H3,(H,81,82,83). The van der Waals surface area contributed by atoms with E-state index >= 15 is 0 Å². The Kier molecular flexibility index (Phi) is 46.9. The van der Waals surface area contributed by atoms with Crippen molar-refractivity contribution in [3.63, 3.8) is 0 Å². The van der Waals surface area contributed by atoms with Crippen molar-refractivity contribution in [3.05, 3.63) is 0 Å². The van der Waals surface area contributed by atoms with Crippen LogP contribution >= 0.6 is 0 Å². The molecule has 534 valence electrons. The number of ether oxygens (including phenoxy) is 5. The summed E-state index contributed by atoms with van der Waals surface area (Å²) in [5.74, 6) is 0.857. The SMILES string of the molecule is CCCCCCCCCCCCCCCCCC(=O)OC1C(OC2OC(CO)C(O)C(O)C2OS(=O)(=O)O)OC(CO)C(O)C1OC(=O)C(C)CC(C)CC(C)CC(C)CC(C)CC(C)CC(C)CC(C)C(O)CCCCCCCCCCCCCCCCC. The number of rotatable bonds is 56. The third-order valence-electron chi connectivity index (χ3n) is 19.3. The molecule has 0 amide bonds. The summed E-state index contributed by atoms with van der Waals surface area (Å²) in [5, 5.41) is 64.5. The number of hydrogen-bond acceptors (Lipinski definition) is 16. The maximum Gasteiger partial charge on any atom is 0.397 e. The quantitative estimate of drug-likeness (QED) is 0.0169. The molecule has 2 fully saturated rings. The molecule has 0 radical (unpaired) electrons. The lowest BCUT2D eigenvalue weighted by Gasteiger charge is -2.46. The van der Waals surface area contributed by atoms with Crippen molar-refractivity contribution in [1.82, 2.24) is 0 Å². The summed E-state index contributed by atoms with van der Waals surface area (Å²) in [6.45, 7) is 20.5. The molecule has 19 unspecified atom stereocenters. The minimum atomic E-state index is -5.32. The average Bonchev–Trinajstić information content (AvgIpc) is 0.821. The molecule has 0 saturated carbocycles. The van der Waals surface area contributed by atoms with Crippen LogP contribution in [0.4, 0.5) is 0 Å². The zero-order valence-corrected chi connectivity index (χ0v) is 59.4. The van der Waals surface area contributed by atoms with Crippen LogP contribution < -0.4 is 0 Å². The molecule has 2 aliphatic heterocycles. The molecule has 2 heterocycles. The second-order valence-corrected chi connectivity index (χ2v) is 30.1. The van der Waals surface area contributed by atoms with E-state index in [9.17, 15) is 53.2 Å². The van der Waals surface area contributed by atoms with E-state index in [1.165, 1.54) is 148 Å². The first-order valence-corrected chi connectivity index (χ1v) is 38.3. The van der Waals surface area contributed by atoms with Gasteiger partial charge >= 0.3 is 22.3 Å². The highest BCUT2D eigenvalue weighted by molar-refractivity contribution is 7.80. The van der Waals surface area contributed by atoms with Gasteiger partial charge in [0.15, 0.2) is 24.6 Å². The highest BCUT2D eigenvalue weighted by Gasteiger charge is 2.55. The molecule has 90 heavy (non-hydrogen) atoms. The Bertz CT molecular complexity index is 1880. The summed E-state index contributed by atoms with van der Waals surface area (Å²) < 4.78 is 67.5. The van der Waals surface area contributed by atoms with E-state index in [4.69, 9.17) is 23.7 Å². The van der Waals surface area contributed by atoms with Crippen LogP contribution in [-0.4, -0.2) is 136 Å². The Morgan fingerprint density at radius 3 is 1.17 bits per heavy atom. The van der Waals surface area contributed by atoms with Crippen molar-refractivity contribution in [2.24, 2.45) is 47.3 Å². The van der Waals surface area contributed by atoms with Crippen LogP contribution in [0.15, 0.2) is 0 Å². The smallest absolute Gasteiger partial charge is 0.397 e. The van der Waals surface area contributed by atoms with Crippen LogP contribution in [-0.2, 0) is 47.9 Å². The van der Waals surface area contributed by atoms with E-state index in [1.54, 1.807) is 6.92 Å². The van der Waals surface area contributed by atoms with Gasteiger partial charge in [-0.25, -0.2) is 4.18 Å². The van der Waals surface area contributed by atoms with E-state index in [2.05, 4.69) is 66.5 Å². The molecule has 0 aromatic rings. The normalized spacial score (nSPS) is 25.4. The molecular formula is C72H138O17S. The van der Waals surface area contributed by atoms with Crippen molar-refractivity contribution in [1.29, 1.82) is 0 Å². The van der Waals surface area contributed by atoms with Crippen LogP contribution in [0, 0.1) is 47.3 Å². The molecular weight excluding hydrogens is 1170 g/mol. The van der Waals surface area contributed by atoms with Gasteiger partial charge in [-0.15, -0.1) is 0 Å². The Morgan fingerprint density at radius 2 is 0.778 bits per heavy atom. The van der Waals surface area contributed by atoms with E-state index in [1.807, 2.05) is 0 Å². The minimum absolute atomic E-state index is 0.0544. The zero-order chi connectivity index (χ0) is 66.9. The van der Waals surface area contributed by atoms with Gasteiger partial charge in [-0.3, -0.25) is 14.1 Å². The Balaban J connectivity index is 1.93. The van der Waals surface area contributed by atoms with Crippen LogP contribution in [0.25, 0.3) is 0 Å². The molecule has 2 rings (SSSR count). The Labute approximate surface area is 548 Å². The van der Waals surface area contributed by atoms with Gasteiger partial charge in [-0.1, -0.05) is 255 Å². The predicted octanol–water partition coefficient (Wildman–Crippen LogP) is 15.2. The van der Waals surface area contributed by atoms with Crippen molar-refractivity contribution >= 4 is 22.3 Å². The molecule has 0 spiro atoms. The Hall–Kier alpha value is -1.55. The largest absolute Gasteiger partial charge is 0.455 e. The predicted molar refractivity (Wildman–Crippen MR) is 358 cm³/mol. The third kappa shape index (κ3) is 37.7. The van der Waals surface area contributed by atoms with Gasteiger partial charge in [0.05, 0.1) is 25.2 Å². The third-order valence-corrected chi connectivity index (χ3v) is 19.8. The monoisotopic (exact) mass is 1310 g/mol. The summed E-state index contributed by atoms with van der Waals surface area (Å²) in [4.78, 5) is 27.8. The fourth-order valence-electron chi connectivity index (χ4n) is 14.6. The summed E-state index contributed by atoms with van der Waals surface area (Å²) in [7, 11) is -5.32. The summed E-state index contributed by atoms with van der Waals surface area (Å²) in [6.07, 6.45) is 26.3. The molecule has 2 aliphatic rings. The second kappa shape index (κ2) is 49.9. The fourth-order valence-corrected chi connectivity index (χ4v) is 15.1. The average molecular weight is 1310 g/mol. The maximum atomic E-state index is 14.1. The first-order chi connectivity index (χ1) is 42.9. The van der Waals surface area contributed by atoms with Gasteiger partial charge in [0.25, 0.3) is 0 Å². The molecule has 18 heteroatoms. The summed E-state index contributed by atoms with van der Waals surface area (Å²) >= 11 is 0. The van der Waals surface area contributed by atoms with Gasteiger partial charge in [-0.05, 0) is 99.2 Å². The van der Waals surface area contributed by atoms with Gasteiger partial charge in [0.1, 0.15) is 30.5 Å². The van der Waals surface area contributed by atoms with Crippen LogP contribution in [0.2, 0.25) is 0 Å². The van der Waals surface area contributed by atoms with E-state index < -0.39 is 103 Å². The van der Waals surface area contributed by atoms with Crippen LogP contribution in [0.1, 0.15) is 320 Å². The molecule has 0 aromatic carbocycles. The number of carbonyl (C=O) groups excluding carboxylic acids is 2. The van der Waals surface area contributed by atoms with Crippen LogP contribution in [0.5, 0.6) is 0 Å².